The van der Waals surface area contributed by atoms with Gasteiger partial charge in [0.05, 0.1) is 16.1 Å². The van der Waals surface area contributed by atoms with E-state index in [-0.39, 0.29) is 23.7 Å². The summed E-state index contributed by atoms with van der Waals surface area (Å²) >= 11 is 7.14. The van der Waals surface area contributed by atoms with Crippen LogP contribution in [0.25, 0.3) is 6.08 Å². The summed E-state index contributed by atoms with van der Waals surface area (Å²) in [6.45, 7) is 2.83. The minimum Gasteiger partial charge on any atom is -0.336 e. The van der Waals surface area contributed by atoms with Crippen molar-refractivity contribution in [2.45, 2.75) is 43.0 Å². The summed E-state index contributed by atoms with van der Waals surface area (Å²) in [5, 5.41) is 0.674. The van der Waals surface area contributed by atoms with Crippen LogP contribution in [0.3, 0.4) is 0 Å². The van der Waals surface area contributed by atoms with E-state index in [1.54, 1.807) is 12.1 Å². The van der Waals surface area contributed by atoms with Crippen molar-refractivity contribution in [3.05, 3.63) is 26.8 Å². The lowest BCUT2D eigenvalue weighted by Gasteiger charge is -2.35. The summed E-state index contributed by atoms with van der Waals surface area (Å²) < 4.78 is 52.1. The number of nitrogens with one attached hydrogen (secondary N) is 1. The zero-order chi connectivity index (χ0) is 27.2. The first-order chi connectivity index (χ1) is 17.9. The van der Waals surface area contributed by atoms with Crippen molar-refractivity contribution in [3.63, 3.8) is 0 Å². The predicted octanol–water partition coefficient (Wildman–Crippen LogP) is 1.25. The average molecular weight is 605 g/mol. The number of nitrogens with zero attached hydrogens (tertiary/aromatic N) is 3. The van der Waals surface area contributed by atoms with Crippen LogP contribution in [-0.4, -0.2) is 106 Å². The highest BCUT2D eigenvalue weighted by Crippen LogP contribution is 2.50. The Bertz CT molecular complexity index is 1330. The molecule has 210 valence electrons. The first kappa shape index (κ1) is 28.0. The number of piperidine rings is 2. The van der Waals surface area contributed by atoms with Gasteiger partial charge in [0.25, 0.3) is 0 Å². The number of halogens is 1. The first-order valence-electron chi connectivity index (χ1n) is 12.8. The Morgan fingerprint density at radius 1 is 1.18 bits per heavy atom. The third-order valence-electron chi connectivity index (χ3n) is 8.07. The van der Waals surface area contributed by atoms with Crippen LogP contribution in [-0.2, 0) is 29.4 Å². The molecule has 2 unspecified atom stereocenters. The highest BCUT2D eigenvalue weighted by Gasteiger charge is 2.54. The second-order valence-corrected chi connectivity index (χ2v) is 16.5. The molecule has 3 saturated heterocycles. The number of likely N-dealkylation sites (tertiary alicyclic amines) is 3. The second kappa shape index (κ2) is 10.8. The van der Waals surface area contributed by atoms with Gasteiger partial charge in [-0.15, -0.1) is 11.3 Å². The Labute approximate surface area is 232 Å². The fourth-order valence-corrected chi connectivity index (χ4v) is 9.03. The van der Waals surface area contributed by atoms with Crippen molar-refractivity contribution in [1.29, 1.82) is 0 Å². The lowest BCUT2D eigenvalue weighted by molar-refractivity contribution is -0.144. The van der Waals surface area contributed by atoms with Crippen LogP contribution in [0.4, 0.5) is 0 Å². The van der Waals surface area contributed by atoms with Gasteiger partial charge in [0.2, 0.25) is 21.8 Å². The molecular formula is C24H33ClN4O6S3. The number of rotatable bonds is 9. The topological polar surface area (TPSA) is 124 Å². The van der Waals surface area contributed by atoms with E-state index in [4.69, 9.17) is 11.6 Å². The van der Waals surface area contributed by atoms with E-state index >= 15 is 0 Å². The van der Waals surface area contributed by atoms with Crippen LogP contribution >= 0.6 is 22.9 Å². The Balaban J connectivity index is 1.17. The molecule has 0 spiro atoms. The lowest BCUT2D eigenvalue weighted by Crippen LogP contribution is -2.55. The van der Waals surface area contributed by atoms with E-state index in [9.17, 15) is 26.4 Å². The molecule has 1 aromatic heterocycles. The van der Waals surface area contributed by atoms with Gasteiger partial charge in [-0.05, 0) is 62.3 Å². The third-order valence-corrected chi connectivity index (χ3v) is 12.0. The molecule has 0 radical (unpaired) electrons. The molecule has 0 bridgehead atoms. The molecule has 38 heavy (non-hydrogen) atoms. The number of hydrogen-bond acceptors (Lipinski definition) is 8. The van der Waals surface area contributed by atoms with Crippen LogP contribution in [0.15, 0.2) is 17.5 Å². The number of fused-ring (bicyclic) bond motifs is 1. The summed E-state index contributed by atoms with van der Waals surface area (Å²) in [7, 11) is -6.95. The molecule has 2 amide bonds. The summed E-state index contributed by atoms with van der Waals surface area (Å²) in [6, 6.07) is 2.49. The number of sulfone groups is 1. The van der Waals surface area contributed by atoms with E-state index in [1.807, 2.05) is 4.90 Å². The van der Waals surface area contributed by atoms with Gasteiger partial charge < -0.3 is 9.80 Å². The molecule has 10 nitrogen and oxygen atoms in total. The monoisotopic (exact) mass is 604 g/mol. The van der Waals surface area contributed by atoms with Crippen LogP contribution in [0.1, 0.15) is 30.6 Å². The number of carbonyl (C=O) groups excluding carboxylic acids is 2. The number of sulfonamides is 1. The van der Waals surface area contributed by atoms with E-state index < -0.39 is 31.8 Å². The number of amides is 2. The van der Waals surface area contributed by atoms with Gasteiger partial charge in [-0.2, -0.15) is 4.72 Å². The van der Waals surface area contributed by atoms with Crippen molar-refractivity contribution in [1.82, 2.24) is 19.4 Å². The minimum absolute atomic E-state index is 0.0240. The van der Waals surface area contributed by atoms with E-state index in [2.05, 4.69) is 9.62 Å². The van der Waals surface area contributed by atoms with Crippen LogP contribution < -0.4 is 4.72 Å². The van der Waals surface area contributed by atoms with Gasteiger partial charge in [-0.25, -0.2) is 16.8 Å². The predicted molar refractivity (Wildman–Crippen MR) is 147 cm³/mol. The summed E-state index contributed by atoms with van der Waals surface area (Å²) in [4.78, 5) is 32.6. The van der Waals surface area contributed by atoms with Crippen molar-refractivity contribution < 1.29 is 26.4 Å². The number of carbonyl (C=O) groups is 2. The van der Waals surface area contributed by atoms with Gasteiger partial charge in [-0.1, -0.05) is 11.6 Å². The molecule has 1 aromatic rings. The standard InChI is InChI=1S/C24H33ClN4O6S3/c1-37(32,33)18-6-9-27(13-18)14-21-19-11-16(19)12-29(21)23(30)15-28-8-2-3-20(24(28)31)26-38(34,35)10-7-17-4-5-22(25)36-17/h4-5,7,10,16,18-21,26H,2-3,6,8-9,11-15H2,1H3/t16-,18?,19?,20-,21+/m0/s1. The molecule has 0 aromatic carbocycles. The molecular weight excluding hydrogens is 572 g/mol. The molecule has 5 atom stereocenters. The molecule has 1 saturated carbocycles. The smallest absolute Gasteiger partial charge is 0.242 e. The normalized spacial score (nSPS) is 30.4. The molecule has 4 heterocycles. The van der Waals surface area contributed by atoms with E-state index in [0.717, 1.165) is 11.8 Å². The molecule has 5 rings (SSSR count). The lowest BCUT2D eigenvalue weighted by atomic mass is 10.1. The Morgan fingerprint density at radius 3 is 2.66 bits per heavy atom. The highest BCUT2D eigenvalue weighted by molar-refractivity contribution is 7.92. The van der Waals surface area contributed by atoms with Crippen LogP contribution in [0, 0.1) is 11.8 Å². The second-order valence-electron chi connectivity index (χ2n) is 10.8. The van der Waals surface area contributed by atoms with Crippen LogP contribution in [0.2, 0.25) is 4.34 Å². The highest BCUT2D eigenvalue weighted by atomic mass is 35.5. The molecule has 4 fully saturated rings. The van der Waals surface area contributed by atoms with Crippen LogP contribution in [0.5, 0.6) is 0 Å². The van der Waals surface area contributed by atoms with Gasteiger partial charge in [-0.3, -0.25) is 14.5 Å². The molecule has 1 aliphatic carbocycles. The van der Waals surface area contributed by atoms with Gasteiger partial charge >= 0.3 is 0 Å². The third kappa shape index (κ3) is 6.44. The summed E-state index contributed by atoms with van der Waals surface area (Å²) in [5.41, 5.74) is 0. The fourth-order valence-electron chi connectivity index (χ4n) is 5.94. The maximum atomic E-state index is 13.3. The zero-order valence-corrected chi connectivity index (χ0v) is 24.4. The maximum absolute atomic E-state index is 13.3. The van der Waals surface area contributed by atoms with Crippen molar-refractivity contribution in [2.75, 3.05) is 45.5 Å². The fraction of sp³-hybridized carbons (Fsp3) is 0.667. The Kier molecular flexibility index (Phi) is 7.98. The van der Waals surface area contributed by atoms with Crippen molar-refractivity contribution in [3.8, 4) is 0 Å². The molecule has 14 heteroatoms. The van der Waals surface area contributed by atoms with E-state index in [0.29, 0.717) is 73.0 Å². The van der Waals surface area contributed by atoms with Crippen molar-refractivity contribution >= 4 is 60.7 Å². The average Bonchev–Trinajstić information content (AvgIpc) is 3.14. The first-order valence-corrected chi connectivity index (χ1v) is 17.5. The van der Waals surface area contributed by atoms with Gasteiger partial charge in [0, 0.05) is 48.8 Å². The maximum Gasteiger partial charge on any atom is 0.242 e. The SMILES string of the molecule is CS(=O)(=O)C1CCN(C[C@@H]2C3C[C@H]3CN2C(=O)CN2CCC[C@H](NS(=O)(=O)C=Cc3ccc(Cl)s3)C2=O)C1. The molecule has 4 aliphatic rings. The van der Waals surface area contributed by atoms with Gasteiger partial charge in [0.15, 0.2) is 9.84 Å². The quantitative estimate of drug-likeness (QED) is 0.450. The summed E-state index contributed by atoms with van der Waals surface area (Å²) in [5.74, 6) is 0.376. The number of hydrogen-bond donors (Lipinski definition) is 1. The van der Waals surface area contributed by atoms with E-state index in [1.165, 1.54) is 28.6 Å². The number of thiophene rings is 1. The summed E-state index contributed by atoms with van der Waals surface area (Å²) in [6.07, 6.45) is 5.37. The zero-order valence-electron chi connectivity index (χ0n) is 21.2. The molecule has 1 N–H and O–H groups in total. The van der Waals surface area contributed by atoms with Crippen molar-refractivity contribution in [2.24, 2.45) is 11.8 Å². The Hall–Kier alpha value is -1.51. The minimum atomic E-state index is -3.87. The Morgan fingerprint density at radius 2 is 1.97 bits per heavy atom. The molecule has 3 aliphatic heterocycles. The largest absolute Gasteiger partial charge is 0.336 e. The van der Waals surface area contributed by atoms with Gasteiger partial charge in [0.1, 0.15) is 6.04 Å².